The van der Waals surface area contributed by atoms with E-state index in [1.165, 1.54) is 50.4 Å². The van der Waals surface area contributed by atoms with E-state index in [9.17, 15) is 0 Å². The van der Waals surface area contributed by atoms with Crippen LogP contribution in [0.1, 0.15) is 29.7 Å². The molecule has 0 radical (unpaired) electrons. The monoisotopic (exact) mass is 480 g/mol. The molecule has 0 aromatic carbocycles. The van der Waals surface area contributed by atoms with Gasteiger partial charge in [-0.3, -0.25) is 0 Å². The van der Waals surface area contributed by atoms with Gasteiger partial charge in [0, 0.05) is 50.3 Å². The minimum absolute atomic E-state index is 0. The molecule has 1 aliphatic rings. The van der Waals surface area contributed by atoms with Gasteiger partial charge in [0.25, 0.3) is 0 Å². The van der Waals surface area contributed by atoms with Crippen LogP contribution in [0.5, 0.6) is 0 Å². The highest BCUT2D eigenvalue weighted by molar-refractivity contribution is 14.0. The molecule has 0 unspecified atom stereocenters. The molecule has 1 aromatic heterocycles. The van der Waals surface area contributed by atoms with E-state index >= 15 is 0 Å². The Hall–Kier alpha value is -0.450. The van der Waals surface area contributed by atoms with Crippen molar-refractivity contribution < 1.29 is 0 Å². The molecule has 0 atom stereocenters. The van der Waals surface area contributed by atoms with Crippen LogP contribution in [0.2, 0.25) is 0 Å². The summed E-state index contributed by atoms with van der Waals surface area (Å²) >= 11 is 1.71. The van der Waals surface area contributed by atoms with Gasteiger partial charge in [-0.15, -0.1) is 35.3 Å². The summed E-state index contributed by atoms with van der Waals surface area (Å²) in [5.41, 5.74) is 0. The van der Waals surface area contributed by atoms with E-state index in [-0.39, 0.29) is 24.0 Å². The molecule has 8 heteroatoms. The van der Waals surface area contributed by atoms with E-state index < -0.39 is 0 Å². The maximum absolute atomic E-state index is 4.62. The molecule has 0 amide bonds. The zero-order valence-corrected chi connectivity index (χ0v) is 18.9. The Labute approximate surface area is 173 Å². The van der Waals surface area contributed by atoms with Crippen LogP contribution in [0, 0.1) is 6.92 Å². The fourth-order valence-corrected chi connectivity index (χ4v) is 3.41. The fourth-order valence-electron chi connectivity index (χ4n) is 2.70. The van der Waals surface area contributed by atoms with Crippen LogP contribution in [0.25, 0.3) is 0 Å². The first kappa shape index (κ1) is 22.6. The molecule has 2 N–H and O–H groups in total. The highest BCUT2D eigenvalue weighted by atomic mass is 127. The number of likely N-dealkylation sites (N-methyl/N-ethyl adjacent to an activating group) is 1. The third-order valence-electron chi connectivity index (χ3n) is 4.18. The minimum Gasteiger partial charge on any atom is -0.357 e. The van der Waals surface area contributed by atoms with Crippen molar-refractivity contribution in [2.24, 2.45) is 4.99 Å². The predicted octanol–water partition coefficient (Wildman–Crippen LogP) is 2.15. The Balaban J connectivity index is 0.00000312. The van der Waals surface area contributed by atoms with Gasteiger partial charge in [-0.2, -0.15) is 0 Å². The Morgan fingerprint density at radius 2 is 2.00 bits per heavy atom. The van der Waals surface area contributed by atoms with E-state index in [1.807, 2.05) is 6.20 Å². The van der Waals surface area contributed by atoms with Crippen molar-refractivity contribution in [1.29, 1.82) is 0 Å². The second-order valence-corrected chi connectivity index (χ2v) is 7.66. The average Bonchev–Trinajstić information content (AvgIpc) is 2.99. The number of aromatic nitrogens is 1. The van der Waals surface area contributed by atoms with Gasteiger partial charge < -0.3 is 20.4 Å². The van der Waals surface area contributed by atoms with Gasteiger partial charge in [0.15, 0.2) is 5.96 Å². The number of aryl methyl sites for hydroxylation is 1. The van der Waals surface area contributed by atoms with Crippen molar-refractivity contribution in [1.82, 2.24) is 25.4 Å². The number of halogens is 1. The number of hydrogen-bond acceptors (Lipinski definition) is 5. The molecule has 144 valence electrons. The predicted molar refractivity (Wildman–Crippen MR) is 118 cm³/mol. The number of thiazole rings is 1. The first-order valence-corrected chi connectivity index (χ1v) is 9.83. The Morgan fingerprint density at radius 3 is 2.64 bits per heavy atom. The molecule has 0 aliphatic carbocycles. The number of rotatable bonds is 8. The van der Waals surface area contributed by atoms with Crippen molar-refractivity contribution in [3.05, 3.63) is 16.1 Å². The van der Waals surface area contributed by atoms with Crippen LogP contribution in [-0.2, 0) is 6.54 Å². The lowest BCUT2D eigenvalue weighted by atomic mass is 10.2. The van der Waals surface area contributed by atoms with Crippen molar-refractivity contribution in [2.75, 3.05) is 52.9 Å². The smallest absolute Gasteiger partial charge is 0.191 e. The number of aliphatic imine (C=N–C) groups is 1. The molecule has 6 nitrogen and oxygen atoms in total. The van der Waals surface area contributed by atoms with Gasteiger partial charge in [-0.05, 0) is 40.3 Å². The van der Waals surface area contributed by atoms with Gasteiger partial charge >= 0.3 is 0 Å². The van der Waals surface area contributed by atoms with E-state index in [0.29, 0.717) is 6.54 Å². The van der Waals surface area contributed by atoms with E-state index in [1.54, 1.807) is 11.3 Å². The summed E-state index contributed by atoms with van der Waals surface area (Å²) in [5, 5.41) is 7.81. The molecular weight excluding hydrogens is 447 g/mol. The summed E-state index contributed by atoms with van der Waals surface area (Å²) < 4.78 is 0. The average molecular weight is 480 g/mol. The van der Waals surface area contributed by atoms with E-state index in [4.69, 9.17) is 0 Å². The largest absolute Gasteiger partial charge is 0.357 e. The molecule has 2 rings (SSSR count). The third-order valence-corrected chi connectivity index (χ3v) is 5.07. The molecule has 0 spiro atoms. The first-order valence-electron chi connectivity index (χ1n) is 9.01. The second-order valence-electron chi connectivity index (χ2n) is 6.34. The molecule has 0 saturated carbocycles. The lowest BCUT2D eigenvalue weighted by Crippen LogP contribution is -2.44. The highest BCUT2D eigenvalue weighted by Crippen LogP contribution is 2.11. The third kappa shape index (κ3) is 9.16. The Morgan fingerprint density at radius 1 is 1.24 bits per heavy atom. The fraction of sp³-hybridized carbons (Fsp3) is 0.765. The summed E-state index contributed by atoms with van der Waals surface area (Å²) in [6.45, 7) is 12.7. The molecule has 1 aliphatic heterocycles. The lowest BCUT2D eigenvalue weighted by Gasteiger charge is -2.32. The standard InChI is InChI=1S/C17H32N6S.HI/c1-4-18-17(21-14-16-20-13-15(2)24-16)19-7-5-6-8-23-11-9-22(3)10-12-23;/h13H,4-12,14H2,1-3H3,(H2,18,19,21);1H. The lowest BCUT2D eigenvalue weighted by molar-refractivity contribution is 0.152. The normalized spacial score (nSPS) is 16.5. The SMILES string of the molecule is CCNC(=NCc1ncc(C)s1)NCCCCN1CCN(C)CC1.I. The van der Waals surface area contributed by atoms with Crippen LogP contribution in [0.3, 0.4) is 0 Å². The van der Waals surface area contributed by atoms with Crippen LogP contribution in [0.4, 0.5) is 0 Å². The van der Waals surface area contributed by atoms with Gasteiger partial charge in [0.05, 0.1) is 6.54 Å². The number of nitrogens with zero attached hydrogens (tertiary/aromatic N) is 4. The summed E-state index contributed by atoms with van der Waals surface area (Å²) in [6.07, 6.45) is 4.32. The topological polar surface area (TPSA) is 55.8 Å². The summed E-state index contributed by atoms with van der Waals surface area (Å²) in [6, 6.07) is 0. The Kier molecular flexibility index (Phi) is 11.6. The minimum atomic E-state index is 0. The number of unbranched alkanes of at least 4 members (excludes halogenated alkanes) is 1. The summed E-state index contributed by atoms with van der Waals surface area (Å²) in [5.74, 6) is 0.893. The van der Waals surface area contributed by atoms with Crippen LogP contribution < -0.4 is 10.6 Å². The number of piperazine rings is 1. The highest BCUT2D eigenvalue weighted by Gasteiger charge is 2.12. The quantitative estimate of drug-likeness (QED) is 0.259. The van der Waals surface area contributed by atoms with E-state index in [2.05, 4.69) is 51.3 Å². The van der Waals surface area contributed by atoms with Crippen molar-refractivity contribution in [3.63, 3.8) is 0 Å². The van der Waals surface area contributed by atoms with Crippen LogP contribution >= 0.6 is 35.3 Å². The zero-order chi connectivity index (χ0) is 17.2. The van der Waals surface area contributed by atoms with Gasteiger partial charge in [-0.1, -0.05) is 0 Å². The van der Waals surface area contributed by atoms with E-state index in [0.717, 1.165) is 24.1 Å². The van der Waals surface area contributed by atoms with Gasteiger partial charge in [0.1, 0.15) is 5.01 Å². The van der Waals surface area contributed by atoms with Crippen molar-refractivity contribution in [2.45, 2.75) is 33.2 Å². The second kappa shape index (κ2) is 12.8. The molecule has 2 heterocycles. The summed E-state index contributed by atoms with van der Waals surface area (Å²) in [7, 11) is 2.20. The zero-order valence-electron chi connectivity index (χ0n) is 15.8. The molecule has 0 bridgehead atoms. The number of hydrogen-bond donors (Lipinski definition) is 2. The van der Waals surface area contributed by atoms with Gasteiger partial charge in [-0.25, -0.2) is 9.98 Å². The molecule has 1 fully saturated rings. The molecular formula is C17H33IN6S. The maximum atomic E-state index is 4.62. The van der Waals surface area contributed by atoms with Crippen LogP contribution in [-0.4, -0.2) is 73.6 Å². The Bertz CT molecular complexity index is 499. The van der Waals surface area contributed by atoms with Crippen molar-refractivity contribution in [3.8, 4) is 0 Å². The summed E-state index contributed by atoms with van der Waals surface area (Å²) in [4.78, 5) is 15.2. The van der Waals surface area contributed by atoms with Crippen LogP contribution in [0.15, 0.2) is 11.2 Å². The molecule has 25 heavy (non-hydrogen) atoms. The maximum Gasteiger partial charge on any atom is 0.191 e. The number of nitrogens with one attached hydrogen (secondary N) is 2. The molecule has 1 aromatic rings. The van der Waals surface area contributed by atoms with Crippen molar-refractivity contribution >= 4 is 41.3 Å². The molecule has 1 saturated heterocycles. The first-order chi connectivity index (χ1) is 11.7. The number of guanidine groups is 1. The van der Waals surface area contributed by atoms with Gasteiger partial charge in [0.2, 0.25) is 0 Å².